The SMILES string of the molecule is O=C(c1ccc(Cl)c(F)c1)N1CCOC(CBr)C1. The van der Waals surface area contributed by atoms with E-state index in [0.717, 1.165) is 0 Å². The molecule has 1 aliphatic rings. The molecule has 0 bridgehead atoms. The second kappa shape index (κ2) is 5.99. The van der Waals surface area contributed by atoms with E-state index in [1.54, 1.807) is 4.90 Å². The number of ether oxygens (including phenoxy) is 1. The number of hydrogen-bond acceptors (Lipinski definition) is 2. The molecule has 1 unspecified atom stereocenters. The predicted molar refractivity (Wildman–Crippen MR) is 70.8 cm³/mol. The average Bonchev–Trinajstić information content (AvgIpc) is 2.41. The molecule has 1 fully saturated rings. The Bertz CT molecular complexity index is 458. The maximum Gasteiger partial charge on any atom is 0.254 e. The van der Waals surface area contributed by atoms with Gasteiger partial charge >= 0.3 is 0 Å². The lowest BCUT2D eigenvalue weighted by Crippen LogP contribution is -2.46. The summed E-state index contributed by atoms with van der Waals surface area (Å²) in [4.78, 5) is 13.8. The van der Waals surface area contributed by atoms with Crippen molar-refractivity contribution in [2.45, 2.75) is 6.10 Å². The number of hydrogen-bond donors (Lipinski definition) is 0. The molecule has 0 radical (unpaired) electrons. The molecule has 98 valence electrons. The molecule has 0 spiro atoms. The molecular weight excluding hydrogens is 324 g/mol. The summed E-state index contributed by atoms with van der Waals surface area (Å²) in [7, 11) is 0. The summed E-state index contributed by atoms with van der Waals surface area (Å²) in [6, 6.07) is 4.10. The van der Waals surface area contributed by atoms with Crippen LogP contribution in [0.15, 0.2) is 18.2 Å². The number of alkyl halides is 1. The molecule has 0 saturated carbocycles. The van der Waals surface area contributed by atoms with E-state index in [2.05, 4.69) is 15.9 Å². The van der Waals surface area contributed by atoms with Crippen molar-refractivity contribution in [3.63, 3.8) is 0 Å². The van der Waals surface area contributed by atoms with Gasteiger partial charge in [-0.2, -0.15) is 0 Å². The van der Waals surface area contributed by atoms with Crippen molar-refractivity contribution in [3.8, 4) is 0 Å². The van der Waals surface area contributed by atoms with Crippen molar-refractivity contribution in [1.29, 1.82) is 0 Å². The van der Waals surface area contributed by atoms with Crippen molar-refractivity contribution >= 4 is 33.4 Å². The topological polar surface area (TPSA) is 29.5 Å². The Balaban J connectivity index is 2.12. The minimum absolute atomic E-state index is 0.0140. The van der Waals surface area contributed by atoms with Crippen LogP contribution >= 0.6 is 27.5 Å². The highest BCUT2D eigenvalue weighted by Gasteiger charge is 2.24. The Morgan fingerprint density at radius 2 is 2.39 bits per heavy atom. The molecule has 1 aromatic carbocycles. The molecule has 1 saturated heterocycles. The van der Waals surface area contributed by atoms with Gasteiger partial charge in [0, 0.05) is 24.0 Å². The van der Waals surface area contributed by atoms with Crippen molar-refractivity contribution < 1.29 is 13.9 Å². The van der Waals surface area contributed by atoms with Crippen LogP contribution in [0.2, 0.25) is 5.02 Å². The van der Waals surface area contributed by atoms with Gasteiger partial charge < -0.3 is 9.64 Å². The number of nitrogens with zero attached hydrogens (tertiary/aromatic N) is 1. The van der Waals surface area contributed by atoms with Crippen molar-refractivity contribution in [2.75, 3.05) is 25.0 Å². The van der Waals surface area contributed by atoms with Crippen LogP contribution in [0.1, 0.15) is 10.4 Å². The van der Waals surface area contributed by atoms with Crippen LogP contribution in [-0.2, 0) is 4.74 Å². The van der Waals surface area contributed by atoms with Crippen molar-refractivity contribution in [1.82, 2.24) is 4.90 Å². The number of benzene rings is 1. The number of carbonyl (C=O) groups excluding carboxylic acids is 1. The number of amides is 1. The highest BCUT2D eigenvalue weighted by Crippen LogP contribution is 2.18. The Labute approximate surface area is 118 Å². The van der Waals surface area contributed by atoms with E-state index < -0.39 is 5.82 Å². The second-order valence-electron chi connectivity index (χ2n) is 4.03. The summed E-state index contributed by atoms with van der Waals surface area (Å²) >= 11 is 8.92. The molecule has 1 amide bonds. The van der Waals surface area contributed by atoms with Crippen LogP contribution < -0.4 is 0 Å². The first-order valence-electron chi connectivity index (χ1n) is 5.53. The van der Waals surface area contributed by atoms with Crippen molar-refractivity contribution in [2.24, 2.45) is 0 Å². The quantitative estimate of drug-likeness (QED) is 0.777. The average molecular weight is 337 g/mol. The van der Waals surface area contributed by atoms with Gasteiger partial charge in [-0.1, -0.05) is 27.5 Å². The van der Waals surface area contributed by atoms with E-state index in [0.29, 0.717) is 30.6 Å². The Hall–Kier alpha value is -0.650. The molecule has 3 nitrogen and oxygen atoms in total. The first-order chi connectivity index (χ1) is 8.61. The number of morpholine rings is 1. The number of carbonyl (C=O) groups is 1. The normalized spacial score (nSPS) is 19.9. The smallest absolute Gasteiger partial charge is 0.254 e. The molecule has 1 heterocycles. The van der Waals surface area contributed by atoms with E-state index in [9.17, 15) is 9.18 Å². The van der Waals surface area contributed by atoms with Gasteiger partial charge in [-0.05, 0) is 18.2 Å². The zero-order valence-electron chi connectivity index (χ0n) is 9.54. The lowest BCUT2D eigenvalue weighted by Gasteiger charge is -2.32. The second-order valence-corrected chi connectivity index (χ2v) is 5.08. The zero-order valence-corrected chi connectivity index (χ0v) is 11.9. The summed E-state index contributed by atoms with van der Waals surface area (Å²) < 4.78 is 18.8. The first-order valence-corrected chi connectivity index (χ1v) is 7.03. The van der Waals surface area contributed by atoms with Crippen LogP contribution in [0.5, 0.6) is 0 Å². The monoisotopic (exact) mass is 335 g/mol. The van der Waals surface area contributed by atoms with E-state index in [4.69, 9.17) is 16.3 Å². The fourth-order valence-electron chi connectivity index (χ4n) is 1.81. The van der Waals surface area contributed by atoms with Crippen LogP contribution in [0.3, 0.4) is 0 Å². The first kappa shape index (κ1) is 13.8. The molecule has 2 rings (SSSR count). The van der Waals surface area contributed by atoms with Gasteiger partial charge in [0.25, 0.3) is 5.91 Å². The molecule has 0 N–H and O–H groups in total. The van der Waals surface area contributed by atoms with Crippen LogP contribution in [0, 0.1) is 5.82 Å². The highest BCUT2D eigenvalue weighted by atomic mass is 79.9. The fraction of sp³-hybridized carbons (Fsp3) is 0.417. The van der Waals surface area contributed by atoms with Gasteiger partial charge in [-0.25, -0.2) is 4.39 Å². The summed E-state index contributed by atoms with van der Waals surface area (Å²) in [6.45, 7) is 1.53. The van der Waals surface area contributed by atoms with Gasteiger partial charge in [0.2, 0.25) is 0 Å². The summed E-state index contributed by atoms with van der Waals surface area (Å²) in [5.74, 6) is -0.771. The third-order valence-electron chi connectivity index (χ3n) is 2.76. The van der Waals surface area contributed by atoms with Gasteiger partial charge in [-0.3, -0.25) is 4.79 Å². The van der Waals surface area contributed by atoms with Crippen molar-refractivity contribution in [3.05, 3.63) is 34.6 Å². The summed E-state index contributed by atoms with van der Waals surface area (Å²) in [5.41, 5.74) is 0.312. The summed E-state index contributed by atoms with van der Waals surface area (Å²) in [6.07, 6.45) is -0.0140. The standard InChI is InChI=1S/C12H12BrClFNO2/c13-6-9-7-16(3-4-18-9)12(17)8-1-2-10(14)11(15)5-8/h1-2,5,9H,3-4,6-7H2. The third-order valence-corrected chi connectivity index (χ3v) is 3.79. The zero-order chi connectivity index (χ0) is 13.1. The third kappa shape index (κ3) is 3.02. The fourth-order valence-corrected chi connectivity index (χ4v) is 2.32. The molecule has 1 atom stereocenters. The number of halogens is 3. The van der Waals surface area contributed by atoms with Gasteiger partial charge in [0.1, 0.15) is 5.82 Å². The van der Waals surface area contributed by atoms with Crippen LogP contribution in [0.4, 0.5) is 4.39 Å². The molecule has 6 heteroatoms. The maximum absolute atomic E-state index is 13.3. The van der Waals surface area contributed by atoms with Gasteiger partial charge in [0.15, 0.2) is 0 Å². The lowest BCUT2D eigenvalue weighted by atomic mass is 10.1. The Kier molecular flexibility index (Phi) is 4.59. The van der Waals surface area contributed by atoms with Crippen LogP contribution in [-0.4, -0.2) is 41.9 Å². The highest BCUT2D eigenvalue weighted by molar-refractivity contribution is 9.09. The predicted octanol–water partition coefficient (Wildman–Crippen LogP) is 2.72. The lowest BCUT2D eigenvalue weighted by molar-refractivity contribution is -0.00966. The van der Waals surface area contributed by atoms with E-state index in [1.807, 2.05) is 0 Å². The largest absolute Gasteiger partial charge is 0.374 e. The van der Waals surface area contributed by atoms with E-state index in [1.165, 1.54) is 18.2 Å². The Morgan fingerprint density at radius 3 is 3.06 bits per heavy atom. The molecular formula is C12H12BrClFNO2. The maximum atomic E-state index is 13.3. The number of rotatable bonds is 2. The van der Waals surface area contributed by atoms with E-state index in [-0.39, 0.29) is 17.0 Å². The molecule has 18 heavy (non-hydrogen) atoms. The summed E-state index contributed by atoms with van der Waals surface area (Å²) in [5, 5.41) is 0.693. The van der Waals surface area contributed by atoms with Gasteiger partial charge in [0.05, 0.1) is 17.7 Å². The van der Waals surface area contributed by atoms with Gasteiger partial charge in [-0.15, -0.1) is 0 Å². The molecule has 1 aromatic rings. The van der Waals surface area contributed by atoms with Crippen LogP contribution in [0.25, 0.3) is 0 Å². The van der Waals surface area contributed by atoms with E-state index >= 15 is 0 Å². The molecule has 0 aromatic heterocycles. The molecule has 1 aliphatic heterocycles. The minimum Gasteiger partial charge on any atom is -0.374 e. The molecule has 0 aliphatic carbocycles. The minimum atomic E-state index is -0.576. The Morgan fingerprint density at radius 1 is 1.61 bits per heavy atom.